The summed E-state index contributed by atoms with van der Waals surface area (Å²) in [6.45, 7) is 5.58. The third-order valence-electron chi connectivity index (χ3n) is 4.21. The summed E-state index contributed by atoms with van der Waals surface area (Å²) in [6, 6.07) is 7.66. The molecule has 1 aromatic heterocycles. The van der Waals surface area contributed by atoms with Crippen molar-refractivity contribution in [1.29, 1.82) is 0 Å². The van der Waals surface area contributed by atoms with Gasteiger partial charge >= 0.3 is 0 Å². The number of hydrogen-bond acceptors (Lipinski definition) is 1. The lowest BCUT2D eigenvalue weighted by atomic mass is 10.0. The molecule has 2 aromatic rings. The number of nitrogens with one attached hydrogen (secondary N) is 2. The zero-order chi connectivity index (χ0) is 13.2. The van der Waals surface area contributed by atoms with Crippen LogP contribution in [-0.4, -0.2) is 17.6 Å². The maximum Gasteiger partial charge on any atom is 0.0459 e. The van der Waals surface area contributed by atoms with Crippen molar-refractivity contribution in [2.24, 2.45) is 0 Å². The van der Waals surface area contributed by atoms with Crippen LogP contribution in [0.15, 0.2) is 18.2 Å². The first kappa shape index (κ1) is 12.7. The number of benzene rings is 1. The molecule has 0 saturated heterocycles. The first-order chi connectivity index (χ1) is 9.28. The fraction of sp³-hybridized carbons (Fsp3) is 0.529. The molecule has 19 heavy (non-hydrogen) atoms. The van der Waals surface area contributed by atoms with Gasteiger partial charge in [0.25, 0.3) is 0 Å². The summed E-state index contributed by atoms with van der Waals surface area (Å²) in [4.78, 5) is 3.52. The second-order valence-electron chi connectivity index (χ2n) is 5.79. The van der Waals surface area contributed by atoms with Crippen molar-refractivity contribution in [3.63, 3.8) is 0 Å². The Morgan fingerprint density at radius 3 is 2.89 bits per heavy atom. The summed E-state index contributed by atoms with van der Waals surface area (Å²) in [5, 5.41) is 5.03. The second kappa shape index (κ2) is 5.38. The minimum absolute atomic E-state index is 0.829. The number of fused-ring (bicyclic) bond motifs is 1. The molecule has 2 N–H and O–H groups in total. The lowest BCUT2D eigenvalue weighted by molar-refractivity contribution is 0.646. The molecule has 1 aliphatic carbocycles. The van der Waals surface area contributed by atoms with Crippen LogP contribution in [-0.2, 0) is 12.8 Å². The molecule has 2 nitrogen and oxygen atoms in total. The molecule has 0 amide bonds. The maximum atomic E-state index is 3.60. The summed E-state index contributed by atoms with van der Waals surface area (Å²) < 4.78 is 0. The molecular weight excluding hydrogens is 232 g/mol. The van der Waals surface area contributed by atoms with Gasteiger partial charge in [0.2, 0.25) is 0 Å². The minimum Gasteiger partial charge on any atom is -0.358 e. The summed E-state index contributed by atoms with van der Waals surface area (Å²) in [6.07, 6.45) is 6.29. The Hall–Kier alpha value is -1.28. The highest BCUT2D eigenvalue weighted by molar-refractivity contribution is 5.85. The second-order valence-corrected chi connectivity index (χ2v) is 5.79. The van der Waals surface area contributed by atoms with Crippen LogP contribution in [0, 0.1) is 6.92 Å². The Morgan fingerprint density at radius 1 is 1.32 bits per heavy atom. The Bertz CT molecular complexity index is 564. The van der Waals surface area contributed by atoms with Crippen molar-refractivity contribution < 1.29 is 0 Å². The molecule has 1 saturated carbocycles. The maximum absolute atomic E-state index is 3.60. The monoisotopic (exact) mass is 256 g/mol. The Kier molecular flexibility index (Phi) is 3.61. The van der Waals surface area contributed by atoms with Crippen LogP contribution in [0.25, 0.3) is 10.9 Å². The molecule has 1 fully saturated rings. The molecule has 3 rings (SSSR count). The highest BCUT2D eigenvalue weighted by Gasteiger charge is 2.19. The van der Waals surface area contributed by atoms with Crippen molar-refractivity contribution in [3.05, 3.63) is 35.0 Å². The van der Waals surface area contributed by atoms with E-state index in [9.17, 15) is 0 Å². The quantitative estimate of drug-likeness (QED) is 0.757. The van der Waals surface area contributed by atoms with E-state index in [4.69, 9.17) is 0 Å². The van der Waals surface area contributed by atoms with Crippen LogP contribution in [0.2, 0.25) is 0 Å². The Morgan fingerprint density at radius 2 is 2.16 bits per heavy atom. The lowest BCUT2D eigenvalue weighted by Gasteiger charge is -2.04. The van der Waals surface area contributed by atoms with Gasteiger partial charge in [0, 0.05) is 22.6 Å². The van der Waals surface area contributed by atoms with Gasteiger partial charge in [-0.25, -0.2) is 0 Å². The molecule has 102 valence electrons. The number of hydrogen-bond donors (Lipinski definition) is 2. The van der Waals surface area contributed by atoms with Crippen molar-refractivity contribution in [2.45, 2.75) is 52.0 Å². The average molecular weight is 256 g/mol. The van der Waals surface area contributed by atoms with Gasteiger partial charge in [-0.2, -0.15) is 0 Å². The predicted octanol–water partition coefficient (Wildman–Crippen LogP) is 3.72. The number of rotatable bonds is 6. The number of aromatic nitrogens is 1. The van der Waals surface area contributed by atoms with E-state index >= 15 is 0 Å². The third-order valence-corrected chi connectivity index (χ3v) is 4.21. The predicted molar refractivity (Wildman–Crippen MR) is 81.8 cm³/mol. The van der Waals surface area contributed by atoms with E-state index in [1.807, 2.05) is 0 Å². The first-order valence-electron chi connectivity index (χ1n) is 7.61. The van der Waals surface area contributed by atoms with Crippen LogP contribution in [0.5, 0.6) is 0 Å². The molecule has 1 aliphatic rings. The third kappa shape index (κ3) is 2.84. The lowest BCUT2D eigenvalue weighted by Crippen LogP contribution is -2.17. The van der Waals surface area contributed by atoms with Crippen molar-refractivity contribution in [2.75, 3.05) is 6.54 Å². The van der Waals surface area contributed by atoms with E-state index in [1.54, 1.807) is 0 Å². The normalized spacial score (nSPS) is 15.3. The molecule has 1 aromatic carbocycles. The van der Waals surface area contributed by atoms with Crippen molar-refractivity contribution in [3.8, 4) is 0 Å². The van der Waals surface area contributed by atoms with E-state index in [2.05, 4.69) is 42.3 Å². The van der Waals surface area contributed by atoms with Crippen LogP contribution in [0.3, 0.4) is 0 Å². The standard InChI is InChI=1S/C17H24N2/c1-3-13-6-9-17-16(11-13)15(12(2)19-17)5-4-10-18-14-7-8-14/h6,9,11,14,18-19H,3-5,7-8,10H2,1-2H3. The van der Waals surface area contributed by atoms with Crippen LogP contribution in [0.4, 0.5) is 0 Å². The van der Waals surface area contributed by atoms with Gasteiger partial charge in [-0.1, -0.05) is 13.0 Å². The van der Waals surface area contributed by atoms with E-state index in [0.29, 0.717) is 0 Å². The molecule has 0 atom stereocenters. The zero-order valence-electron chi connectivity index (χ0n) is 12.1. The summed E-state index contributed by atoms with van der Waals surface area (Å²) in [5.41, 5.74) is 5.58. The smallest absolute Gasteiger partial charge is 0.0459 e. The van der Waals surface area contributed by atoms with E-state index in [0.717, 1.165) is 19.0 Å². The van der Waals surface area contributed by atoms with Crippen LogP contribution >= 0.6 is 0 Å². The topological polar surface area (TPSA) is 27.8 Å². The number of H-pyrrole nitrogens is 1. The first-order valence-corrected chi connectivity index (χ1v) is 7.61. The minimum atomic E-state index is 0.829. The molecule has 2 heteroatoms. The van der Waals surface area contributed by atoms with Crippen LogP contribution < -0.4 is 5.32 Å². The average Bonchev–Trinajstić information content (AvgIpc) is 3.18. The molecule has 0 radical (unpaired) electrons. The Balaban J connectivity index is 1.73. The highest BCUT2D eigenvalue weighted by atomic mass is 14.9. The van der Waals surface area contributed by atoms with E-state index in [1.165, 1.54) is 53.4 Å². The van der Waals surface area contributed by atoms with Crippen molar-refractivity contribution in [1.82, 2.24) is 10.3 Å². The fourth-order valence-corrected chi connectivity index (χ4v) is 2.83. The number of aromatic amines is 1. The van der Waals surface area contributed by atoms with Gasteiger partial charge < -0.3 is 10.3 Å². The van der Waals surface area contributed by atoms with E-state index < -0.39 is 0 Å². The molecule has 0 aliphatic heterocycles. The van der Waals surface area contributed by atoms with Gasteiger partial charge in [0.15, 0.2) is 0 Å². The summed E-state index contributed by atoms with van der Waals surface area (Å²) in [5.74, 6) is 0. The molecule has 0 unspecified atom stereocenters. The largest absolute Gasteiger partial charge is 0.358 e. The van der Waals surface area contributed by atoms with Gasteiger partial charge in [0.1, 0.15) is 0 Å². The zero-order valence-corrected chi connectivity index (χ0v) is 12.1. The van der Waals surface area contributed by atoms with Crippen LogP contribution in [0.1, 0.15) is 43.0 Å². The van der Waals surface area contributed by atoms with Gasteiger partial charge in [-0.3, -0.25) is 0 Å². The van der Waals surface area contributed by atoms with E-state index in [-0.39, 0.29) is 0 Å². The highest BCUT2D eigenvalue weighted by Crippen LogP contribution is 2.25. The summed E-state index contributed by atoms with van der Waals surface area (Å²) in [7, 11) is 0. The molecule has 0 spiro atoms. The molecule has 0 bridgehead atoms. The number of aryl methyl sites for hydroxylation is 3. The van der Waals surface area contributed by atoms with Gasteiger partial charge in [-0.15, -0.1) is 0 Å². The van der Waals surface area contributed by atoms with Crippen molar-refractivity contribution >= 4 is 10.9 Å². The van der Waals surface area contributed by atoms with Gasteiger partial charge in [-0.05, 0) is 68.8 Å². The van der Waals surface area contributed by atoms with Gasteiger partial charge in [0.05, 0.1) is 0 Å². The SMILES string of the molecule is CCc1ccc2[nH]c(C)c(CCCNC3CC3)c2c1. The fourth-order valence-electron chi connectivity index (χ4n) is 2.83. The Labute approximate surface area is 115 Å². The molecule has 1 heterocycles. The summed E-state index contributed by atoms with van der Waals surface area (Å²) >= 11 is 0. The molecular formula is C17H24N2.